The number of pyridine rings is 1. The van der Waals surface area contributed by atoms with Crippen LogP contribution in [0.3, 0.4) is 0 Å². The van der Waals surface area contributed by atoms with E-state index in [2.05, 4.69) is 4.98 Å². The Bertz CT molecular complexity index is 641. The van der Waals surface area contributed by atoms with E-state index in [4.69, 9.17) is 4.74 Å². The largest absolute Gasteiger partial charge is 0.465 e. The molecule has 1 heterocycles. The second kappa shape index (κ2) is 6.64. The molecule has 0 fully saturated rings. The molecule has 0 bridgehead atoms. The van der Waals surface area contributed by atoms with Crippen LogP contribution in [0.15, 0.2) is 42.7 Å². The summed E-state index contributed by atoms with van der Waals surface area (Å²) in [6, 6.07) is 7.00. The Balaban J connectivity index is 2.53. The Morgan fingerprint density at radius 1 is 1.23 bits per heavy atom. The SMILES string of the molecule is CCOC(=O)C(C)(Cc1cccnc1)c1c(F)cccc1F. The Morgan fingerprint density at radius 3 is 2.45 bits per heavy atom. The average Bonchev–Trinajstić information content (AvgIpc) is 2.48. The molecule has 0 aliphatic heterocycles. The zero-order valence-corrected chi connectivity index (χ0v) is 12.5. The maximum absolute atomic E-state index is 14.2. The predicted octanol–water partition coefficient (Wildman–Crippen LogP) is 3.42. The number of hydrogen-bond donors (Lipinski definition) is 0. The van der Waals surface area contributed by atoms with Crippen molar-refractivity contribution in [3.63, 3.8) is 0 Å². The van der Waals surface area contributed by atoms with Crippen molar-refractivity contribution in [2.24, 2.45) is 0 Å². The molecular weight excluding hydrogens is 288 g/mol. The average molecular weight is 305 g/mol. The van der Waals surface area contributed by atoms with Crippen LogP contribution >= 0.6 is 0 Å². The summed E-state index contributed by atoms with van der Waals surface area (Å²) >= 11 is 0. The lowest BCUT2D eigenvalue weighted by Crippen LogP contribution is -2.38. The first kappa shape index (κ1) is 16.1. The summed E-state index contributed by atoms with van der Waals surface area (Å²) in [6.07, 6.45) is 3.25. The van der Waals surface area contributed by atoms with Crippen molar-refractivity contribution < 1.29 is 18.3 Å². The zero-order chi connectivity index (χ0) is 16.2. The fraction of sp³-hybridized carbons (Fsp3) is 0.294. The second-order valence-electron chi connectivity index (χ2n) is 5.19. The lowest BCUT2D eigenvalue weighted by Gasteiger charge is -2.28. The standard InChI is InChI=1S/C17H17F2NO2/c1-3-22-16(21)17(2,10-12-6-5-9-20-11-12)15-13(18)7-4-8-14(15)19/h4-9,11H,3,10H2,1-2H3. The van der Waals surface area contributed by atoms with E-state index in [-0.39, 0.29) is 18.6 Å². The van der Waals surface area contributed by atoms with Crippen LogP contribution in [0, 0.1) is 11.6 Å². The quantitative estimate of drug-likeness (QED) is 0.795. The summed E-state index contributed by atoms with van der Waals surface area (Å²) in [5.41, 5.74) is -1.05. The van der Waals surface area contributed by atoms with Crippen LogP contribution in [0.4, 0.5) is 8.78 Å². The van der Waals surface area contributed by atoms with Crippen molar-refractivity contribution in [2.75, 3.05) is 6.61 Å². The molecule has 2 rings (SSSR count). The van der Waals surface area contributed by atoms with E-state index in [1.54, 1.807) is 31.5 Å². The van der Waals surface area contributed by atoms with E-state index >= 15 is 0 Å². The van der Waals surface area contributed by atoms with Crippen LogP contribution < -0.4 is 0 Å². The number of aromatic nitrogens is 1. The van der Waals surface area contributed by atoms with Gasteiger partial charge in [-0.15, -0.1) is 0 Å². The summed E-state index contributed by atoms with van der Waals surface area (Å²) in [7, 11) is 0. The molecule has 5 heteroatoms. The number of carbonyl (C=O) groups is 1. The van der Waals surface area contributed by atoms with Crippen molar-refractivity contribution >= 4 is 5.97 Å². The van der Waals surface area contributed by atoms with Gasteiger partial charge in [-0.3, -0.25) is 9.78 Å². The van der Waals surface area contributed by atoms with Gasteiger partial charge >= 0.3 is 5.97 Å². The van der Waals surface area contributed by atoms with Gasteiger partial charge in [0.25, 0.3) is 0 Å². The molecule has 116 valence electrons. The van der Waals surface area contributed by atoms with E-state index in [0.717, 1.165) is 12.1 Å². The summed E-state index contributed by atoms with van der Waals surface area (Å²) in [5.74, 6) is -2.19. The van der Waals surface area contributed by atoms with Gasteiger partial charge in [0.2, 0.25) is 0 Å². The lowest BCUT2D eigenvalue weighted by molar-refractivity contribution is -0.149. The van der Waals surface area contributed by atoms with Crippen LogP contribution in [-0.4, -0.2) is 17.6 Å². The van der Waals surface area contributed by atoms with Crippen molar-refractivity contribution in [1.29, 1.82) is 0 Å². The van der Waals surface area contributed by atoms with Crippen molar-refractivity contribution in [1.82, 2.24) is 4.98 Å². The van der Waals surface area contributed by atoms with Gasteiger partial charge in [0.15, 0.2) is 0 Å². The molecule has 0 N–H and O–H groups in total. The molecule has 0 saturated heterocycles. The highest BCUT2D eigenvalue weighted by Crippen LogP contribution is 2.33. The minimum Gasteiger partial charge on any atom is -0.465 e. The Kier molecular flexibility index (Phi) is 4.85. The van der Waals surface area contributed by atoms with Gasteiger partial charge in [0, 0.05) is 18.0 Å². The van der Waals surface area contributed by atoms with Crippen molar-refractivity contribution in [2.45, 2.75) is 25.7 Å². The topological polar surface area (TPSA) is 39.2 Å². The minimum atomic E-state index is -1.46. The number of ether oxygens (including phenoxy) is 1. The molecule has 1 atom stereocenters. The molecule has 0 saturated carbocycles. The fourth-order valence-electron chi connectivity index (χ4n) is 2.49. The van der Waals surface area contributed by atoms with E-state index in [1.165, 1.54) is 13.0 Å². The first-order chi connectivity index (χ1) is 10.5. The van der Waals surface area contributed by atoms with Crippen LogP contribution in [0.25, 0.3) is 0 Å². The molecule has 1 aromatic carbocycles. The highest BCUT2D eigenvalue weighted by Gasteiger charge is 2.41. The van der Waals surface area contributed by atoms with Gasteiger partial charge in [-0.25, -0.2) is 8.78 Å². The molecule has 0 aliphatic rings. The zero-order valence-electron chi connectivity index (χ0n) is 12.5. The summed E-state index contributed by atoms with van der Waals surface area (Å²) < 4.78 is 33.4. The minimum absolute atomic E-state index is 0.0948. The van der Waals surface area contributed by atoms with E-state index in [1.807, 2.05) is 0 Å². The van der Waals surface area contributed by atoms with Crippen LogP contribution in [0.2, 0.25) is 0 Å². The summed E-state index contributed by atoms with van der Waals surface area (Å²) in [4.78, 5) is 16.4. The molecular formula is C17H17F2NO2. The number of nitrogens with zero attached hydrogens (tertiary/aromatic N) is 1. The van der Waals surface area contributed by atoms with Crippen molar-refractivity contribution in [3.8, 4) is 0 Å². The number of hydrogen-bond acceptors (Lipinski definition) is 3. The maximum atomic E-state index is 14.2. The molecule has 0 radical (unpaired) electrons. The van der Waals surface area contributed by atoms with Crippen LogP contribution in [0.5, 0.6) is 0 Å². The molecule has 0 spiro atoms. The Labute approximate surface area is 128 Å². The van der Waals surface area contributed by atoms with Crippen molar-refractivity contribution in [3.05, 3.63) is 65.5 Å². The molecule has 2 aromatic rings. The van der Waals surface area contributed by atoms with Gasteiger partial charge in [0.1, 0.15) is 11.6 Å². The lowest BCUT2D eigenvalue weighted by atomic mass is 9.77. The number of benzene rings is 1. The predicted molar refractivity (Wildman–Crippen MR) is 78.3 cm³/mol. The highest BCUT2D eigenvalue weighted by molar-refractivity contribution is 5.83. The molecule has 1 unspecified atom stereocenters. The molecule has 22 heavy (non-hydrogen) atoms. The van der Waals surface area contributed by atoms with Gasteiger partial charge in [0.05, 0.1) is 12.0 Å². The first-order valence-electron chi connectivity index (χ1n) is 6.99. The van der Waals surface area contributed by atoms with Crippen LogP contribution in [0.1, 0.15) is 25.0 Å². The fourth-order valence-corrected chi connectivity index (χ4v) is 2.49. The Morgan fingerprint density at radius 2 is 1.91 bits per heavy atom. The number of rotatable bonds is 5. The number of halogens is 2. The third kappa shape index (κ3) is 3.13. The van der Waals surface area contributed by atoms with E-state index in [0.29, 0.717) is 5.56 Å². The normalized spacial score (nSPS) is 13.5. The van der Waals surface area contributed by atoms with Crippen LogP contribution in [-0.2, 0) is 21.4 Å². The second-order valence-corrected chi connectivity index (χ2v) is 5.19. The Hall–Kier alpha value is -2.30. The highest BCUT2D eigenvalue weighted by atomic mass is 19.1. The third-order valence-corrected chi connectivity index (χ3v) is 3.52. The molecule has 0 aliphatic carbocycles. The molecule has 1 aromatic heterocycles. The van der Waals surface area contributed by atoms with Gasteiger partial charge in [-0.2, -0.15) is 0 Å². The monoisotopic (exact) mass is 305 g/mol. The smallest absolute Gasteiger partial charge is 0.316 e. The van der Waals surface area contributed by atoms with E-state index < -0.39 is 23.0 Å². The maximum Gasteiger partial charge on any atom is 0.316 e. The first-order valence-corrected chi connectivity index (χ1v) is 6.99. The summed E-state index contributed by atoms with van der Waals surface area (Å²) in [6.45, 7) is 3.27. The van der Waals surface area contributed by atoms with Gasteiger partial charge in [-0.1, -0.05) is 12.1 Å². The van der Waals surface area contributed by atoms with E-state index in [9.17, 15) is 13.6 Å². The van der Waals surface area contributed by atoms with Gasteiger partial charge in [-0.05, 0) is 44.0 Å². The summed E-state index contributed by atoms with van der Waals surface area (Å²) in [5, 5.41) is 0. The number of esters is 1. The van der Waals surface area contributed by atoms with Gasteiger partial charge < -0.3 is 4.74 Å². The molecule has 0 amide bonds. The third-order valence-electron chi connectivity index (χ3n) is 3.52. The number of carbonyl (C=O) groups excluding carboxylic acids is 1. The molecule has 3 nitrogen and oxygen atoms in total.